The van der Waals surface area contributed by atoms with Gasteiger partial charge in [-0.05, 0) is 31.0 Å². The SMILES string of the molecule is Cc1ccc(Cc2c(C)nc(CN)n2C)cc1Cl. The van der Waals surface area contributed by atoms with Crippen molar-refractivity contribution in [3.05, 3.63) is 51.6 Å². The van der Waals surface area contributed by atoms with Gasteiger partial charge in [0.25, 0.3) is 0 Å². The first kappa shape index (κ1) is 13.1. The first-order valence-electron chi connectivity index (χ1n) is 5.99. The van der Waals surface area contributed by atoms with Crippen molar-refractivity contribution in [1.29, 1.82) is 0 Å². The fourth-order valence-electron chi connectivity index (χ4n) is 2.10. The maximum Gasteiger partial charge on any atom is 0.122 e. The molecule has 0 aliphatic rings. The van der Waals surface area contributed by atoms with Crippen LogP contribution in [0.3, 0.4) is 0 Å². The number of halogens is 1. The fourth-order valence-corrected chi connectivity index (χ4v) is 2.30. The van der Waals surface area contributed by atoms with Crippen LogP contribution in [-0.2, 0) is 20.0 Å². The Labute approximate surface area is 113 Å². The molecule has 0 radical (unpaired) electrons. The largest absolute Gasteiger partial charge is 0.333 e. The lowest BCUT2D eigenvalue weighted by Gasteiger charge is -2.07. The Kier molecular flexibility index (Phi) is 3.73. The summed E-state index contributed by atoms with van der Waals surface area (Å²) in [6.45, 7) is 4.49. The van der Waals surface area contributed by atoms with Crippen LogP contribution >= 0.6 is 11.6 Å². The smallest absolute Gasteiger partial charge is 0.122 e. The zero-order chi connectivity index (χ0) is 13.3. The maximum absolute atomic E-state index is 6.15. The Morgan fingerprint density at radius 1 is 1.33 bits per heavy atom. The van der Waals surface area contributed by atoms with E-state index in [1.54, 1.807) is 0 Å². The van der Waals surface area contributed by atoms with E-state index in [9.17, 15) is 0 Å². The zero-order valence-corrected chi connectivity index (χ0v) is 11.8. The minimum Gasteiger partial charge on any atom is -0.333 e. The number of imidazole rings is 1. The molecular weight excluding hydrogens is 246 g/mol. The third kappa shape index (κ3) is 2.42. The molecule has 0 unspecified atom stereocenters. The van der Waals surface area contributed by atoms with Gasteiger partial charge in [0.15, 0.2) is 0 Å². The van der Waals surface area contributed by atoms with E-state index >= 15 is 0 Å². The van der Waals surface area contributed by atoms with Crippen LogP contribution < -0.4 is 5.73 Å². The van der Waals surface area contributed by atoms with Crippen molar-refractivity contribution in [3.8, 4) is 0 Å². The van der Waals surface area contributed by atoms with Crippen LogP contribution in [0, 0.1) is 13.8 Å². The normalized spacial score (nSPS) is 10.9. The molecule has 0 aliphatic heterocycles. The third-order valence-corrected chi connectivity index (χ3v) is 3.70. The van der Waals surface area contributed by atoms with Gasteiger partial charge in [-0.3, -0.25) is 0 Å². The van der Waals surface area contributed by atoms with E-state index in [0.29, 0.717) is 6.54 Å². The quantitative estimate of drug-likeness (QED) is 0.925. The highest BCUT2D eigenvalue weighted by Gasteiger charge is 2.11. The molecule has 2 N–H and O–H groups in total. The van der Waals surface area contributed by atoms with Crippen molar-refractivity contribution < 1.29 is 0 Å². The molecule has 96 valence electrons. The molecule has 2 rings (SSSR count). The van der Waals surface area contributed by atoms with E-state index in [-0.39, 0.29) is 0 Å². The number of benzene rings is 1. The van der Waals surface area contributed by atoms with Crippen LogP contribution in [-0.4, -0.2) is 9.55 Å². The Morgan fingerprint density at radius 3 is 2.61 bits per heavy atom. The minimum absolute atomic E-state index is 0.464. The molecule has 1 aromatic heterocycles. The third-order valence-electron chi connectivity index (χ3n) is 3.30. The number of aryl methyl sites for hydroxylation is 2. The Balaban J connectivity index is 2.33. The number of nitrogens with zero attached hydrogens (tertiary/aromatic N) is 2. The molecule has 0 aliphatic carbocycles. The highest BCUT2D eigenvalue weighted by atomic mass is 35.5. The van der Waals surface area contributed by atoms with Crippen molar-refractivity contribution in [3.63, 3.8) is 0 Å². The van der Waals surface area contributed by atoms with Crippen molar-refractivity contribution in [2.24, 2.45) is 12.8 Å². The molecule has 2 aromatic rings. The van der Waals surface area contributed by atoms with Gasteiger partial charge in [-0.15, -0.1) is 0 Å². The Bertz CT molecular complexity index is 573. The fraction of sp³-hybridized carbons (Fsp3) is 0.357. The van der Waals surface area contributed by atoms with E-state index in [1.807, 2.05) is 33.0 Å². The average molecular weight is 264 g/mol. The summed E-state index contributed by atoms with van der Waals surface area (Å²) in [5.74, 6) is 0.917. The van der Waals surface area contributed by atoms with Gasteiger partial charge in [0.05, 0.1) is 12.2 Å². The summed E-state index contributed by atoms with van der Waals surface area (Å²) in [7, 11) is 2.01. The molecule has 4 heteroatoms. The molecule has 18 heavy (non-hydrogen) atoms. The second-order valence-electron chi connectivity index (χ2n) is 4.58. The first-order chi connectivity index (χ1) is 8.52. The summed E-state index contributed by atoms with van der Waals surface area (Å²) < 4.78 is 2.07. The standard InChI is InChI=1S/C14H18ClN3/c1-9-4-5-11(6-12(9)15)7-13-10(2)17-14(8-16)18(13)3/h4-6H,7-8,16H2,1-3H3. The van der Waals surface area contributed by atoms with Gasteiger partial charge in [-0.25, -0.2) is 4.98 Å². The number of hydrogen-bond acceptors (Lipinski definition) is 2. The zero-order valence-electron chi connectivity index (χ0n) is 11.0. The second kappa shape index (κ2) is 5.12. The van der Waals surface area contributed by atoms with E-state index in [0.717, 1.165) is 28.5 Å². The van der Waals surface area contributed by atoms with Gasteiger partial charge in [0, 0.05) is 24.2 Å². The molecule has 0 amide bonds. The second-order valence-corrected chi connectivity index (χ2v) is 4.99. The van der Waals surface area contributed by atoms with Crippen molar-refractivity contribution in [2.45, 2.75) is 26.8 Å². The van der Waals surface area contributed by atoms with E-state index in [1.165, 1.54) is 11.3 Å². The number of nitrogens with two attached hydrogens (primary N) is 1. The summed E-state index contributed by atoms with van der Waals surface area (Å²) in [4.78, 5) is 4.47. The Morgan fingerprint density at radius 2 is 2.06 bits per heavy atom. The molecular formula is C14H18ClN3. The number of aromatic nitrogens is 2. The lowest BCUT2D eigenvalue weighted by molar-refractivity contribution is 0.760. The van der Waals surface area contributed by atoms with Crippen LogP contribution in [0.2, 0.25) is 5.02 Å². The highest BCUT2D eigenvalue weighted by molar-refractivity contribution is 6.31. The lowest BCUT2D eigenvalue weighted by Crippen LogP contribution is -2.07. The maximum atomic E-state index is 6.15. The van der Waals surface area contributed by atoms with Crippen LogP contribution in [0.15, 0.2) is 18.2 Å². The molecule has 1 aromatic carbocycles. The number of rotatable bonds is 3. The molecule has 0 bridgehead atoms. The average Bonchev–Trinajstić information content (AvgIpc) is 2.61. The summed E-state index contributed by atoms with van der Waals surface area (Å²) in [6, 6.07) is 6.18. The van der Waals surface area contributed by atoms with Crippen LogP contribution in [0.4, 0.5) is 0 Å². The van der Waals surface area contributed by atoms with Crippen LogP contribution in [0.25, 0.3) is 0 Å². The predicted molar refractivity (Wildman–Crippen MR) is 74.8 cm³/mol. The van der Waals surface area contributed by atoms with Gasteiger partial charge < -0.3 is 10.3 Å². The van der Waals surface area contributed by atoms with Crippen molar-refractivity contribution in [1.82, 2.24) is 9.55 Å². The topological polar surface area (TPSA) is 43.8 Å². The lowest BCUT2D eigenvalue weighted by atomic mass is 10.1. The summed E-state index contributed by atoms with van der Waals surface area (Å²) in [5.41, 5.74) is 10.2. The molecule has 0 saturated heterocycles. The Hall–Kier alpha value is -1.32. The number of hydrogen-bond donors (Lipinski definition) is 1. The van der Waals surface area contributed by atoms with E-state index in [4.69, 9.17) is 17.3 Å². The molecule has 0 atom stereocenters. The van der Waals surface area contributed by atoms with E-state index in [2.05, 4.69) is 15.6 Å². The molecule has 0 fully saturated rings. The monoisotopic (exact) mass is 263 g/mol. The van der Waals surface area contributed by atoms with Gasteiger partial charge in [-0.2, -0.15) is 0 Å². The van der Waals surface area contributed by atoms with Crippen LogP contribution in [0.1, 0.15) is 28.3 Å². The van der Waals surface area contributed by atoms with Crippen molar-refractivity contribution >= 4 is 11.6 Å². The predicted octanol–water partition coefficient (Wildman–Crippen LogP) is 2.74. The molecule has 0 saturated carbocycles. The van der Waals surface area contributed by atoms with Gasteiger partial charge >= 0.3 is 0 Å². The summed E-state index contributed by atoms with van der Waals surface area (Å²) >= 11 is 6.15. The minimum atomic E-state index is 0.464. The summed E-state index contributed by atoms with van der Waals surface area (Å²) in [5, 5.41) is 0.811. The summed E-state index contributed by atoms with van der Waals surface area (Å²) in [6.07, 6.45) is 0.829. The van der Waals surface area contributed by atoms with Crippen molar-refractivity contribution in [2.75, 3.05) is 0 Å². The molecule has 1 heterocycles. The van der Waals surface area contributed by atoms with Gasteiger partial charge in [0.2, 0.25) is 0 Å². The highest BCUT2D eigenvalue weighted by Crippen LogP contribution is 2.20. The first-order valence-corrected chi connectivity index (χ1v) is 6.37. The van der Waals surface area contributed by atoms with E-state index < -0.39 is 0 Å². The van der Waals surface area contributed by atoms with Crippen LogP contribution in [0.5, 0.6) is 0 Å². The molecule has 0 spiro atoms. The van der Waals surface area contributed by atoms with Gasteiger partial charge in [0.1, 0.15) is 5.82 Å². The van der Waals surface area contributed by atoms with Gasteiger partial charge in [-0.1, -0.05) is 23.7 Å². The molecule has 3 nitrogen and oxygen atoms in total.